The first-order chi connectivity index (χ1) is 14.3. The number of urea groups is 1. The van der Waals surface area contributed by atoms with E-state index in [-0.39, 0.29) is 0 Å². The molecule has 0 aliphatic carbocycles. The molecular formula is C22H27BrN4O3. The van der Waals surface area contributed by atoms with Crippen LogP contribution in [0.2, 0.25) is 0 Å². The summed E-state index contributed by atoms with van der Waals surface area (Å²) in [5.74, 6) is -0.643. The maximum absolute atomic E-state index is 13.3. The van der Waals surface area contributed by atoms with E-state index in [0.29, 0.717) is 28.0 Å². The maximum atomic E-state index is 13.3. The highest BCUT2D eigenvalue weighted by Gasteiger charge is 2.52. The van der Waals surface area contributed by atoms with Crippen LogP contribution in [-0.2, 0) is 16.9 Å². The normalized spacial score (nSPS) is 18.2. The molecule has 0 saturated heterocycles. The van der Waals surface area contributed by atoms with Gasteiger partial charge in [-0.2, -0.15) is 0 Å². The van der Waals surface area contributed by atoms with E-state index >= 15 is 0 Å². The summed E-state index contributed by atoms with van der Waals surface area (Å²) in [6.45, 7) is 3.21. The van der Waals surface area contributed by atoms with E-state index in [0.717, 1.165) is 29.8 Å². The van der Waals surface area contributed by atoms with Gasteiger partial charge in [-0.05, 0) is 69.4 Å². The number of benzene rings is 2. The number of nitrogens with zero attached hydrogens (tertiary/aromatic N) is 2. The van der Waals surface area contributed by atoms with Gasteiger partial charge in [-0.15, -0.1) is 0 Å². The highest BCUT2D eigenvalue weighted by Crippen LogP contribution is 2.41. The minimum Gasteiger partial charge on any atom is -0.359 e. The van der Waals surface area contributed by atoms with Crippen molar-refractivity contribution in [3.05, 3.63) is 58.1 Å². The van der Waals surface area contributed by atoms with Gasteiger partial charge in [0.05, 0.1) is 5.69 Å². The number of hydrogen-bond donors (Lipinski definition) is 3. The number of aliphatic hydroxyl groups is 1. The van der Waals surface area contributed by atoms with Gasteiger partial charge in [0.2, 0.25) is 0 Å². The molecule has 8 heteroatoms. The number of halogens is 1. The zero-order valence-corrected chi connectivity index (χ0v) is 19.0. The fourth-order valence-electron chi connectivity index (χ4n) is 3.48. The molecule has 3 amide bonds. The monoisotopic (exact) mass is 474 g/mol. The summed E-state index contributed by atoms with van der Waals surface area (Å²) in [7, 11) is 3.91. The zero-order chi connectivity index (χ0) is 21.9. The Bertz CT molecular complexity index is 932. The second-order valence-electron chi connectivity index (χ2n) is 7.56. The number of anilines is 2. The molecule has 0 saturated carbocycles. The summed E-state index contributed by atoms with van der Waals surface area (Å²) in [6.07, 6.45) is 1.57. The minimum absolute atomic E-state index is 0.307. The highest BCUT2D eigenvalue weighted by molar-refractivity contribution is 9.10. The Labute approximate surface area is 185 Å². The predicted octanol–water partition coefficient (Wildman–Crippen LogP) is 3.28. The van der Waals surface area contributed by atoms with Crippen LogP contribution < -0.4 is 15.5 Å². The Hall–Kier alpha value is -2.42. The molecule has 3 rings (SSSR count). The molecule has 30 heavy (non-hydrogen) atoms. The molecule has 1 heterocycles. The standard InChI is InChI=1S/C22H27BrN4O3/c1-4-15-6-9-17(10-7-15)27-21(29)25-19-11-8-16(23)14-18(19)22(27,30)20(28)24-12-5-13-26(2)3/h6-11,14,30H,4-5,12-13H2,1-3H3,(H,24,28)(H,25,29)/t22-/m0/s1. The van der Waals surface area contributed by atoms with Gasteiger partial charge in [-0.1, -0.05) is 35.0 Å². The molecule has 0 aromatic heterocycles. The molecule has 1 aliphatic rings. The number of amides is 3. The Morgan fingerprint density at radius 2 is 1.93 bits per heavy atom. The van der Waals surface area contributed by atoms with Gasteiger partial charge < -0.3 is 20.6 Å². The molecule has 0 radical (unpaired) electrons. The smallest absolute Gasteiger partial charge is 0.329 e. The van der Waals surface area contributed by atoms with Crippen molar-refractivity contribution in [2.45, 2.75) is 25.5 Å². The first kappa shape index (κ1) is 22.3. The van der Waals surface area contributed by atoms with Crippen molar-refractivity contribution < 1.29 is 14.7 Å². The molecule has 160 valence electrons. The van der Waals surface area contributed by atoms with Gasteiger partial charge in [-0.25, -0.2) is 4.79 Å². The van der Waals surface area contributed by atoms with Crippen LogP contribution in [0.15, 0.2) is 46.9 Å². The van der Waals surface area contributed by atoms with Crippen LogP contribution >= 0.6 is 15.9 Å². The molecular weight excluding hydrogens is 448 g/mol. The number of carbonyl (C=O) groups excluding carboxylic acids is 2. The van der Waals surface area contributed by atoms with Crippen LogP contribution in [0.4, 0.5) is 16.2 Å². The fourth-order valence-corrected chi connectivity index (χ4v) is 3.84. The van der Waals surface area contributed by atoms with Crippen LogP contribution in [-0.4, -0.2) is 49.1 Å². The van der Waals surface area contributed by atoms with Crippen LogP contribution in [0, 0.1) is 0 Å². The summed E-state index contributed by atoms with van der Waals surface area (Å²) in [6, 6.07) is 11.8. The van der Waals surface area contributed by atoms with Gasteiger partial charge in [0, 0.05) is 22.3 Å². The quantitative estimate of drug-likeness (QED) is 0.537. The average Bonchev–Trinajstić information content (AvgIpc) is 2.72. The van der Waals surface area contributed by atoms with Crippen molar-refractivity contribution in [1.29, 1.82) is 0 Å². The first-order valence-corrected chi connectivity index (χ1v) is 10.7. The highest BCUT2D eigenvalue weighted by atomic mass is 79.9. The van der Waals surface area contributed by atoms with Gasteiger partial charge >= 0.3 is 6.03 Å². The number of rotatable bonds is 7. The lowest BCUT2D eigenvalue weighted by Crippen LogP contribution is -2.62. The van der Waals surface area contributed by atoms with Gasteiger partial charge in [0.25, 0.3) is 11.6 Å². The van der Waals surface area contributed by atoms with E-state index < -0.39 is 17.7 Å². The Morgan fingerprint density at radius 3 is 2.57 bits per heavy atom. The van der Waals surface area contributed by atoms with Gasteiger partial charge in [0.1, 0.15) is 0 Å². The van der Waals surface area contributed by atoms with Crippen molar-refractivity contribution >= 4 is 39.2 Å². The molecule has 7 nitrogen and oxygen atoms in total. The molecule has 0 spiro atoms. The second kappa shape index (κ2) is 9.16. The molecule has 2 aromatic carbocycles. The SMILES string of the molecule is CCc1ccc(N2C(=O)Nc3ccc(Br)cc3[C@]2(O)C(=O)NCCCN(C)C)cc1. The lowest BCUT2D eigenvalue weighted by atomic mass is 9.94. The number of nitrogens with one attached hydrogen (secondary N) is 2. The molecule has 2 aromatic rings. The Morgan fingerprint density at radius 1 is 1.23 bits per heavy atom. The van der Waals surface area contributed by atoms with E-state index in [1.165, 1.54) is 0 Å². The minimum atomic E-state index is -2.19. The van der Waals surface area contributed by atoms with Crippen LogP contribution in [0.3, 0.4) is 0 Å². The van der Waals surface area contributed by atoms with E-state index in [4.69, 9.17) is 0 Å². The van der Waals surface area contributed by atoms with Gasteiger partial charge in [0.15, 0.2) is 0 Å². The zero-order valence-electron chi connectivity index (χ0n) is 17.4. The summed E-state index contributed by atoms with van der Waals surface area (Å²) < 4.78 is 0.692. The Kier molecular flexibility index (Phi) is 6.80. The third-order valence-corrected chi connectivity index (χ3v) is 5.61. The van der Waals surface area contributed by atoms with E-state index in [1.807, 2.05) is 38.1 Å². The summed E-state index contributed by atoms with van der Waals surface area (Å²) in [5, 5.41) is 17.3. The third kappa shape index (κ3) is 4.35. The molecule has 3 N–H and O–H groups in total. The Balaban J connectivity index is 2.02. The third-order valence-electron chi connectivity index (χ3n) is 5.11. The summed E-state index contributed by atoms with van der Waals surface area (Å²) in [5.41, 5.74) is 0.0433. The fraction of sp³-hybridized carbons (Fsp3) is 0.364. The number of fused-ring (bicyclic) bond motifs is 1. The molecule has 1 aliphatic heterocycles. The topological polar surface area (TPSA) is 84.9 Å². The predicted molar refractivity (Wildman–Crippen MR) is 122 cm³/mol. The van der Waals surface area contributed by atoms with Crippen LogP contribution in [0.25, 0.3) is 0 Å². The number of aryl methyl sites for hydroxylation is 1. The second-order valence-corrected chi connectivity index (χ2v) is 8.48. The summed E-state index contributed by atoms with van der Waals surface area (Å²) >= 11 is 3.40. The summed E-state index contributed by atoms with van der Waals surface area (Å²) in [4.78, 5) is 29.4. The lowest BCUT2D eigenvalue weighted by Gasteiger charge is -2.42. The molecule has 0 unspecified atom stereocenters. The number of carbonyl (C=O) groups is 2. The van der Waals surface area contributed by atoms with Crippen LogP contribution in [0.1, 0.15) is 24.5 Å². The van der Waals surface area contributed by atoms with Crippen molar-refractivity contribution in [3.8, 4) is 0 Å². The molecule has 0 bridgehead atoms. The molecule has 1 atom stereocenters. The van der Waals surface area contributed by atoms with E-state index in [1.54, 1.807) is 30.3 Å². The van der Waals surface area contributed by atoms with Crippen molar-refractivity contribution in [3.63, 3.8) is 0 Å². The lowest BCUT2D eigenvalue weighted by molar-refractivity contribution is -0.140. The van der Waals surface area contributed by atoms with Crippen molar-refractivity contribution in [2.24, 2.45) is 0 Å². The first-order valence-electron chi connectivity index (χ1n) is 9.93. The molecule has 0 fully saturated rings. The largest absolute Gasteiger partial charge is 0.359 e. The average molecular weight is 475 g/mol. The van der Waals surface area contributed by atoms with Crippen molar-refractivity contribution in [1.82, 2.24) is 10.2 Å². The van der Waals surface area contributed by atoms with Crippen LogP contribution in [0.5, 0.6) is 0 Å². The van der Waals surface area contributed by atoms with E-state index in [9.17, 15) is 14.7 Å². The van der Waals surface area contributed by atoms with Gasteiger partial charge in [-0.3, -0.25) is 9.69 Å². The number of hydrogen-bond acceptors (Lipinski definition) is 4. The van der Waals surface area contributed by atoms with E-state index in [2.05, 4.69) is 26.6 Å². The van der Waals surface area contributed by atoms with Crippen molar-refractivity contribution in [2.75, 3.05) is 37.4 Å². The maximum Gasteiger partial charge on any atom is 0.329 e.